The number of nitrogens with one attached hydrogen (secondary N) is 2. The molecular weight excluding hydrogens is 904 g/mol. The van der Waals surface area contributed by atoms with E-state index in [1.54, 1.807) is 6.20 Å². The number of aldehydes is 1. The molecule has 0 aliphatic carbocycles. The van der Waals surface area contributed by atoms with Gasteiger partial charge in [-0.05, 0) is 94.4 Å². The lowest BCUT2D eigenvalue weighted by molar-refractivity contribution is -0.137. The van der Waals surface area contributed by atoms with Crippen molar-refractivity contribution < 1.29 is 33.7 Å². The molecule has 7 heterocycles. The molecule has 2 aliphatic rings. The average molecular weight is 979 g/mol. The number of carbonyl (C=O) groups excluding carboxylic acids is 3. The molecule has 17 heteroatoms. The normalized spacial score (nSPS) is 14.4. The van der Waals surface area contributed by atoms with E-state index in [1.165, 1.54) is 19.5 Å². The van der Waals surface area contributed by atoms with Gasteiger partial charge in [0.15, 0.2) is 0 Å². The van der Waals surface area contributed by atoms with Crippen LogP contribution in [0.25, 0.3) is 50.2 Å². The lowest BCUT2D eigenvalue weighted by atomic mass is 9.96. The zero-order valence-electron chi connectivity index (χ0n) is 43.2. The molecule has 3 atom stereocenters. The van der Waals surface area contributed by atoms with E-state index < -0.39 is 12.0 Å². The van der Waals surface area contributed by atoms with Crippen LogP contribution in [-0.2, 0) is 20.9 Å². The van der Waals surface area contributed by atoms with Crippen LogP contribution in [0.2, 0.25) is 0 Å². The molecule has 0 saturated carbocycles. The molecule has 0 bridgehead atoms. The van der Waals surface area contributed by atoms with Crippen LogP contribution < -0.4 is 10.5 Å². The summed E-state index contributed by atoms with van der Waals surface area (Å²) in [6.07, 6.45) is 10.1. The smallest absolute Gasteiger partial charge is 0.226 e. The molecule has 0 radical (unpaired) electrons. The Morgan fingerprint density at radius 2 is 1.66 bits per heavy atom. The molecule has 1 amide bonds. The number of aliphatic hydroxyl groups excluding tert-OH is 2. The Balaban J connectivity index is 0.000000745. The summed E-state index contributed by atoms with van der Waals surface area (Å²) in [5.74, 6) is 1.96. The number of halogens is 1. The number of rotatable bonds is 11. The number of aromatic nitrogens is 7. The second-order valence-corrected chi connectivity index (χ2v) is 16.7. The molecule has 71 heavy (non-hydrogen) atoms. The van der Waals surface area contributed by atoms with Gasteiger partial charge in [0.25, 0.3) is 0 Å². The maximum absolute atomic E-state index is 16.7. The highest BCUT2D eigenvalue weighted by atomic mass is 19.1. The van der Waals surface area contributed by atoms with Crippen molar-refractivity contribution in [3.63, 3.8) is 0 Å². The Hall–Kier alpha value is -6.95. The number of hydrogen-bond donors (Lipinski definition) is 5. The van der Waals surface area contributed by atoms with Gasteiger partial charge in [-0.25, -0.2) is 18.9 Å². The first kappa shape index (κ1) is 58.4. The van der Waals surface area contributed by atoms with E-state index in [0.29, 0.717) is 52.6 Å². The number of imidazole rings is 2. The van der Waals surface area contributed by atoms with E-state index in [9.17, 15) is 4.79 Å². The predicted octanol–water partition coefficient (Wildman–Crippen LogP) is 10.3. The summed E-state index contributed by atoms with van der Waals surface area (Å²) in [5, 5.41) is 20.7. The monoisotopic (exact) mass is 979 g/mol. The van der Waals surface area contributed by atoms with Gasteiger partial charge in [-0.1, -0.05) is 80.5 Å². The second-order valence-electron chi connectivity index (χ2n) is 16.7. The topological polar surface area (TPSA) is 213 Å². The molecular formula is C54H75FN10O6. The maximum Gasteiger partial charge on any atom is 0.226 e. The molecule has 9 rings (SSSR count). The third kappa shape index (κ3) is 14.1. The molecule has 0 spiro atoms. The molecule has 6 N–H and O–H groups in total. The zero-order valence-corrected chi connectivity index (χ0v) is 43.2. The first-order chi connectivity index (χ1) is 34.4. The van der Waals surface area contributed by atoms with Crippen LogP contribution in [-0.4, -0.2) is 107 Å². The minimum atomic E-state index is -0.661. The van der Waals surface area contributed by atoms with Crippen LogP contribution in [0, 0.1) is 17.7 Å². The Labute approximate surface area is 417 Å². The van der Waals surface area contributed by atoms with E-state index in [0.717, 1.165) is 72.1 Å². The number of amides is 1. The highest BCUT2D eigenvalue weighted by molar-refractivity contribution is 5.92. The molecule has 384 valence electrons. The number of aromatic amines is 2. The standard InChI is InChI=1S/C43H46FN9O2.C3H8.C2H4O2.C2H4O.C2H6.CH5N.CH2O/c1-6-14-50(5)24-39-45-22-33(47-39)27-12-13-35-29(17-27)19-37-40-31(44)18-28(20-38(40)55-43(53(35)37)32-21-30-10-7-8-16-52(30)49-32)34-23-46-41(48-34)36-11-9-15-51(36)42(54)26(4)25(2)3;1-3-2;3-1-2-4;1-2-3;3*1-2/h7-8,10,12-13,16-23,25-26,36,43H,6,9,11,14-15,24H2,1-5H3,(H,45,47)(H,46,48);3H2,1-2H3;1,4H,2H2;2-3H,1H2;1-2H3;2H2,1H3;1H2/t26-,36-,43?;;;;;;/m0....../s1. The summed E-state index contributed by atoms with van der Waals surface area (Å²) in [6, 6.07) is 19.5. The van der Waals surface area contributed by atoms with Crippen molar-refractivity contribution in [2.75, 3.05) is 33.8 Å². The van der Waals surface area contributed by atoms with Crippen LogP contribution in [0.5, 0.6) is 5.75 Å². The summed E-state index contributed by atoms with van der Waals surface area (Å²) < 4.78 is 27.3. The molecule has 1 fully saturated rings. The highest BCUT2D eigenvalue weighted by Gasteiger charge is 2.36. The summed E-state index contributed by atoms with van der Waals surface area (Å²) >= 11 is 0. The van der Waals surface area contributed by atoms with Gasteiger partial charge >= 0.3 is 0 Å². The number of pyridine rings is 1. The second kappa shape index (κ2) is 29.3. The molecule has 2 aliphatic heterocycles. The van der Waals surface area contributed by atoms with Crippen LogP contribution in [0.3, 0.4) is 0 Å². The fraction of sp³-hybridized carbons (Fsp3) is 0.407. The number of fused-ring (bicyclic) bond motifs is 6. The van der Waals surface area contributed by atoms with Crippen molar-refractivity contribution in [1.29, 1.82) is 0 Å². The SMILES string of the molecule is C=CO.C=O.CC.CCC.CCCN(C)Cc1ncc(-c2ccc3c(c2)cc2n3C(c3cc4ccccn4n3)Oc3cc(-c4cnc([C@@H]5CCCN5C(=O)[C@@H](C)C(C)C)[nH]4)cc(F)c3-2)[nH]1.CN.O=CCO. The van der Waals surface area contributed by atoms with Crippen molar-refractivity contribution in [3.05, 3.63) is 115 Å². The number of H-pyrrole nitrogens is 2. The first-order valence-electron chi connectivity index (χ1n) is 24.3. The van der Waals surface area contributed by atoms with Gasteiger partial charge < -0.3 is 45.1 Å². The third-order valence-electron chi connectivity index (χ3n) is 11.5. The number of nitrogens with two attached hydrogens (primary N) is 1. The summed E-state index contributed by atoms with van der Waals surface area (Å²) in [7, 11) is 3.60. The number of aliphatic hydroxyl groups is 2. The number of benzene rings is 2. The van der Waals surface area contributed by atoms with Crippen LogP contribution in [0.1, 0.15) is 111 Å². The zero-order chi connectivity index (χ0) is 52.8. The van der Waals surface area contributed by atoms with E-state index >= 15 is 4.39 Å². The van der Waals surface area contributed by atoms with Gasteiger partial charge in [0.1, 0.15) is 42.0 Å². The number of hydrogen-bond acceptors (Lipinski definition) is 11. The van der Waals surface area contributed by atoms with Gasteiger partial charge in [0.2, 0.25) is 12.1 Å². The van der Waals surface area contributed by atoms with Crippen molar-refractivity contribution in [2.45, 2.75) is 99.9 Å². The average Bonchev–Trinajstić information content (AvgIpc) is 4.25. The Morgan fingerprint density at radius 3 is 2.30 bits per heavy atom. The van der Waals surface area contributed by atoms with Crippen molar-refractivity contribution in [2.24, 2.45) is 17.6 Å². The summed E-state index contributed by atoms with van der Waals surface area (Å²) in [5.41, 5.74) is 11.3. The van der Waals surface area contributed by atoms with E-state index in [2.05, 4.69) is 92.0 Å². The fourth-order valence-electron chi connectivity index (χ4n) is 8.19. The van der Waals surface area contributed by atoms with Crippen LogP contribution in [0.4, 0.5) is 4.39 Å². The molecule has 16 nitrogen and oxygen atoms in total. The summed E-state index contributed by atoms with van der Waals surface area (Å²) in [4.78, 5) is 50.8. The predicted molar refractivity (Wildman–Crippen MR) is 281 cm³/mol. The number of nitrogens with zero attached hydrogens (tertiary/aromatic N) is 7. The largest absolute Gasteiger partial charge is 0.516 e. The van der Waals surface area contributed by atoms with Gasteiger partial charge in [0.05, 0.1) is 71.5 Å². The lowest BCUT2D eigenvalue weighted by Crippen LogP contribution is -2.36. The maximum atomic E-state index is 16.7. The first-order valence-corrected chi connectivity index (χ1v) is 24.3. The minimum absolute atomic E-state index is 0.0779. The van der Waals surface area contributed by atoms with E-state index in [-0.39, 0.29) is 30.4 Å². The molecule has 5 aromatic heterocycles. The lowest BCUT2D eigenvalue weighted by Gasteiger charge is -2.29. The molecule has 1 saturated heterocycles. The quantitative estimate of drug-likeness (QED) is 0.0608. The minimum Gasteiger partial charge on any atom is -0.516 e. The molecule has 7 aromatic rings. The third-order valence-corrected chi connectivity index (χ3v) is 11.5. The number of carbonyl (C=O) groups is 3. The fourth-order valence-corrected chi connectivity index (χ4v) is 8.19. The molecule has 1 unspecified atom stereocenters. The van der Waals surface area contributed by atoms with Gasteiger partial charge in [-0.2, -0.15) is 5.10 Å². The Morgan fingerprint density at radius 1 is 1.00 bits per heavy atom. The van der Waals surface area contributed by atoms with Crippen molar-refractivity contribution in [3.8, 4) is 39.5 Å². The summed E-state index contributed by atoms with van der Waals surface area (Å²) in [6.45, 7) is 23.6. The van der Waals surface area contributed by atoms with Crippen molar-refractivity contribution >= 4 is 35.4 Å². The van der Waals surface area contributed by atoms with Crippen molar-refractivity contribution in [1.82, 2.24) is 43.9 Å². The van der Waals surface area contributed by atoms with Gasteiger partial charge in [-0.3, -0.25) is 14.3 Å². The number of ether oxygens (including phenoxy) is 1. The van der Waals surface area contributed by atoms with E-state index in [1.807, 2.05) is 90.3 Å². The van der Waals surface area contributed by atoms with Gasteiger partial charge in [-0.15, -0.1) is 0 Å². The van der Waals surface area contributed by atoms with Gasteiger partial charge in [0, 0.05) is 35.2 Å². The highest BCUT2D eigenvalue weighted by Crippen LogP contribution is 2.47. The van der Waals surface area contributed by atoms with Crippen LogP contribution in [0.15, 0.2) is 92.1 Å². The number of likely N-dealkylation sites (tertiary alicyclic amines) is 1. The van der Waals surface area contributed by atoms with Crippen LogP contribution >= 0.6 is 0 Å². The Kier molecular flexibility index (Phi) is 24.1. The Bertz CT molecular complexity index is 2690. The molecule has 2 aromatic carbocycles. The van der Waals surface area contributed by atoms with E-state index in [4.69, 9.17) is 34.6 Å².